The van der Waals surface area contributed by atoms with Crippen LogP contribution in [-0.4, -0.2) is 37.0 Å². The van der Waals surface area contributed by atoms with Crippen molar-refractivity contribution in [1.29, 1.82) is 0 Å². The Balaban J connectivity index is 1.56. The molecule has 9 nitrogen and oxygen atoms in total. The third-order valence-electron chi connectivity index (χ3n) is 4.18. The zero-order valence-electron chi connectivity index (χ0n) is 16.9. The summed E-state index contributed by atoms with van der Waals surface area (Å²) in [7, 11) is 1.47. The van der Waals surface area contributed by atoms with E-state index in [0.717, 1.165) is 0 Å². The van der Waals surface area contributed by atoms with Crippen LogP contribution in [0.25, 0.3) is 0 Å². The number of benzene rings is 2. The Bertz CT molecular complexity index is 960. The highest BCUT2D eigenvalue weighted by Crippen LogP contribution is 2.30. The number of methoxy groups -OCH3 is 1. The molecule has 1 aliphatic rings. The van der Waals surface area contributed by atoms with Crippen LogP contribution >= 0.6 is 0 Å². The number of ether oxygens (including phenoxy) is 3. The highest BCUT2D eigenvalue weighted by molar-refractivity contribution is 6.00. The monoisotopic (exact) mass is 413 g/mol. The van der Waals surface area contributed by atoms with E-state index in [4.69, 9.17) is 14.2 Å². The van der Waals surface area contributed by atoms with Gasteiger partial charge in [0.25, 0.3) is 11.8 Å². The number of carbonyl (C=O) groups excluding carboxylic acids is 3. The molecule has 1 aliphatic heterocycles. The highest BCUT2D eigenvalue weighted by Gasteiger charge is 2.29. The largest absolute Gasteiger partial charge is 0.493 e. The average Bonchev–Trinajstić information content (AvgIpc) is 2.72. The van der Waals surface area contributed by atoms with Crippen LogP contribution in [0.3, 0.4) is 0 Å². The van der Waals surface area contributed by atoms with Crippen LogP contribution in [0.1, 0.15) is 30.6 Å². The topological polar surface area (TPSA) is 115 Å². The van der Waals surface area contributed by atoms with Crippen molar-refractivity contribution < 1.29 is 28.6 Å². The van der Waals surface area contributed by atoms with Gasteiger partial charge in [0.1, 0.15) is 5.75 Å². The first-order valence-electron chi connectivity index (χ1n) is 9.37. The molecule has 3 N–H and O–H groups in total. The van der Waals surface area contributed by atoms with E-state index in [9.17, 15) is 14.4 Å². The van der Waals surface area contributed by atoms with Crippen molar-refractivity contribution in [2.24, 2.45) is 0 Å². The van der Waals surface area contributed by atoms with Crippen molar-refractivity contribution in [2.45, 2.75) is 32.5 Å². The van der Waals surface area contributed by atoms with Gasteiger partial charge in [-0.3, -0.25) is 25.2 Å². The molecular formula is C21H23N3O6. The Morgan fingerprint density at radius 1 is 1.13 bits per heavy atom. The molecule has 9 heteroatoms. The molecule has 3 rings (SSSR count). The lowest BCUT2D eigenvalue weighted by Gasteiger charge is -2.25. The molecule has 2 aromatic carbocycles. The second-order valence-electron chi connectivity index (χ2n) is 6.83. The van der Waals surface area contributed by atoms with E-state index in [-0.39, 0.29) is 18.1 Å². The Morgan fingerprint density at radius 3 is 2.63 bits per heavy atom. The standard InChI is InChI=1S/C21H23N3O6/c1-12(2)29-16-9-8-13(10-17(16)28-3)20(26)24-23-19(25)11-18-21(27)22-14-6-4-5-7-15(14)30-18/h4-10,12,18H,11H2,1-3H3,(H,22,27)(H,23,25)(H,24,26)/t18-/m1/s1. The minimum absolute atomic E-state index is 0.0518. The number of anilines is 1. The van der Waals surface area contributed by atoms with Gasteiger partial charge in [0.05, 0.1) is 25.3 Å². The zero-order chi connectivity index (χ0) is 21.7. The van der Waals surface area contributed by atoms with E-state index in [0.29, 0.717) is 22.9 Å². The van der Waals surface area contributed by atoms with Crippen LogP contribution in [0.2, 0.25) is 0 Å². The fraction of sp³-hybridized carbons (Fsp3) is 0.286. The van der Waals surface area contributed by atoms with Gasteiger partial charge in [0, 0.05) is 5.56 Å². The van der Waals surface area contributed by atoms with Gasteiger partial charge < -0.3 is 19.5 Å². The predicted molar refractivity (Wildman–Crippen MR) is 108 cm³/mol. The molecule has 1 heterocycles. The molecule has 0 bridgehead atoms. The van der Waals surface area contributed by atoms with Crippen LogP contribution in [0.4, 0.5) is 5.69 Å². The summed E-state index contributed by atoms with van der Waals surface area (Å²) < 4.78 is 16.4. The predicted octanol–water partition coefficient (Wildman–Crippen LogP) is 2.03. The summed E-state index contributed by atoms with van der Waals surface area (Å²) >= 11 is 0. The summed E-state index contributed by atoms with van der Waals surface area (Å²) in [5.74, 6) is -0.162. The van der Waals surface area contributed by atoms with Crippen molar-refractivity contribution in [1.82, 2.24) is 10.9 Å². The summed E-state index contributed by atoms with van der Waals surface area (Å²) in [5.41, 5.74) is 5.41. The normalized spacial score (nSPS) is 14.8. The maximum atomic E-state index is 12.3. The Morgan fingerprint density at radius 2 is 1.90 bits per heavy atom. The molecule has 0 fully saturated rings. The Hall–Kier alpha value is -3.75. The smallest absolute Gasteiger partial charge is 0.269 e. The van der Waals surface area contributed by atoms with Crippen molar-refractivity contribution in [3.63, 3.8) is 0 Å². The second-order valence-corrected chi connectivity index (χ2v) is 6.83. The SMILES string of the molecule is COc1cc(C(=O)NNC(=O)C[C@H]2Oc3ccccc3NC2=O)ccc1OC(C)C. The highest BCUT2D eigenvalue weighted by atomic mass is 16.5. The maximum Gasteiger partial charge on any atom is 0.269 e. The number of para-hydroxylation sites is 2. The lowest BCUT2D eigenvalue weighted by molar-refractivity contribution is -0.130. The van der Waals surface area contributed by atoms with Crippen LogP contribution in [-0.2, 0) is 9.59 Å². The lowest BCUT2D eigenvalue weighted by atomic mass is 10.1. The van der Waals surface area contributed by atoms with Gasteiger partial charge in [-0.1, -0.05) is 12.1 Å². The van der Waals surface area contributed by atoms with Gasteiger partial charge in [-0.2, -0.15) is 0 Å². The number of hydrogen-bond donors (Lipinski definition) is 3. The van der Waals surface area contributed by atoms with E-state index in [1.54, 1.807) is 36.4 Å². The molecule has 0 radical (unpaired) electrons. The lowest BCUT2D eigenvalue weighted by Crippen LogP contribution is -2.46. The summed E-state index contributed by atoms with van der Waals surface area (Å²) in [5, 5.41) is 2.68. The number of amides is 3. The molecular weight excluding hydrogens is 390 g/mol. The molecule has 0 saturated heterocycles. The van der Waals surface area contributed by atoms with Gasteiger partial charge in [0.15, 0.2) is 17.6 Å². The molecule has 30 heavy (non-hydrogen) atoms. The van der Waals surface area contributed by atoms with Gasteiger partial charge in [-0.25, -0.2) is 0 Å². The van der Waals surface area contributed by atoms with Crippen LogP contribution < -0.4 is 30.4 Å². The van der Waals surface area contributed by atoms with Gasteiger partial charge in [0.2, 0.25) is 5.91 Å². The third-order valence-corrected chi connectivity index (χ3v) is 4.18. The van der Waals surface area contributed by atoms with E-state index in [2.05, 4.69) is 16.2 Å². The van der Waals surface area contributed by atoms with Crippen molar-refractivity contribution >= 4 is 23.4 Å². The molecule has 1 atom stereocenters. The minimum atomic E-state index is -0.996. The van der Waals surface area contributed by atoms with Crippen LogP contribution in [0.15, 0.2) is 42.5 Å². The van der Waals surface area contributed by atoms with E-state index >= 15 is 0 Å². The summed E-state index contributed by atoms with van der Waals surface area (Å²) in [6.07, 6.45) is -1.31. The molecule has 2 aromatic rings. The molecule has 158 valence electrons. The Labute approximate surface area is 173 Å². The Kier molecular flexibility index (Phi) is 6.41. The minimum Gasteiger partial charge on any atom is -0.493 e. The first kappa shape index (κ1) is 21.0. The van der Waals surface area contributed by atoms with Crippen molar-refractivity contribution in [2.75, 3.05) is 12.4 Å². The van der Waals surface area contributed by atoms with E-state index in [1.165, 1.54) is 13.2 Å². The fourth-order valence-electron chi connectivity index (χ4n) is 2.81. The first-order valence-corrected chi connectivity index (χ1v) is 9.37. The molecule has 0 aromatic heterocycles. The van der Waals surface area contributed by atoms with Crippen LogP contribution in [0, 0.1) is 0 Å². The van der Waals surface area contributed by atoms with Crippen molar-refractivity contribution in [3.8, 4) is 17.2 Å². The third kappa shape index (κ3) is 4.99. The number of nitrogens with one attached hydrogen (secondary N) is 3. The summed E-state index contributed by atoms with van der Waals surface area (Å²) in [4.78, 5) is 36.6. The summed E-state index contributed by atoms with van der Waals surface area (Å²) in [6, 6.07) is 11.6. The van der Waals surface area contributed by atoms with E-state index < -0.39 is 23.8 Å². The van der Waals surface area contributed by atoms with Gasteiger partial charge in [-0.15, -0.1) is 0 Å². The first-order chi connectivity index (χ1) is 14.4. The molecule has 0 spiro atoms. The van der Waals surface area contributed by atoms with Gasteiger partial charge in [-0.05, 0) is 44.2 Å². The summed E-state index contributed by atoms with van der Waals surface area (Å²) in [6.45, 7) is 3.76. The number of rotatable bonds is 6. The molecule has 0 aliphatic carbocycles. The molecule has 3 amide bonds. The van der Waals surface area contributed by atoms with Crippen LogP contribution in [0.5, 0.6) is 17.2 Å². The van der Waals surface area contributed by atoms with E-state index in [1.807, 2.05) is 13.8 Å². The molecule has 0 saturated carbocycles. The fourth-order valence-corrected chi connectivity index (χ4v) is 2.81. The van der Waals surface area contributed by atoms with Crippen molar-refractivity contribution in [3.05, 3.63) is 48.0 Å². The molecule has 0 unspecified atom stereocenters. The number of hydrazine groups is 1. The van der Waals surface area contributed by atoms with Gasteiger partial charge >= 0.3 is 0 Å². The number of hydrogen-bond acceptors (Lipinski definition) is 6. The second kappa shape index (κ2) is 9.17. The maximum absolute atomic E-state index is 12.3. The number of carbonyl (C=O) groups is 3. The zero-order valence-corrected chi connectivity index (χ0v) is 16.9. The quantitative estimate of drug-likeness (QED) is 0.625. The number of fused-ring (bicyclic) bond motifs is 1. The average molecular weight is 413 g/mol.